The van der Waals surface area contributed by atoms with Crippen molar-refractivity contribution in [3.63, 3.8) is 0 Å². The van der Waals surface area contributed by atoms with E-state index in [0.29, 0.717) is 39.6 Å². The molecule has 2 aliphatic heterocycles. The summed E-state index contributed by atoms with van der Waals surface area (Å²) >= 11 is -5.94. The van der Waals surface area contributed by atoms with Gasteiger partial charge in [0.2, 0.25) is 0 Å². The van der Waals surface area contributed by atoms with Gasteiger partial charge in [0.25, 0.3) is 0 Å². The van der Waals surface area contributed by atoms with Gasteiger partial charge in [0.1, 0.15) is 38.4 Å². The molecule has 0 amide bonds. The van der Waals surface area contributed by atoms with E-state index in [9.17, 15) is 15.0 Å². The van der Waals surface area contributed by atoms with Crippen LogP contribution in [-0.4, -0.2) is 78.5 Å². The first-order chi connectivity index (χ1) is 29.7. The zero-order chi connectivity index (χ0) is 45.1. The Morgan fingerprint density at radius 3 is 1.27 bits per heavy atom. The number of halogens is 1. The van der Waals surface area contributed by atoms with Crippen molar-refractivity contribution in [1.29, 1.82) is 0 Å². The zero-order valence-corrected chi connectivity index (χ0v) is 41.2. The normalized spacial score (nSPS) is 26.7. The fraction of sp³-hybridized carbons (Fsp3) is 0.479. The Morgan fingerprint density at radius 2 is 0.905 bits per heavy atom. The van der Waals surface area contributed by atoms with E-state index in [1.165, 1.54) is 0 Å². The summed E-state index contributed by atoms with van der Waals surface area (Å²) in [7, 11) is 0. The summed E-state index contributed by atoms with van der Waals surface area (Å²) in [5.74, 6) is 0.742. The number of ether oxygens (including phenoxy) is 6. The molecule has 0 saturated carbocycles. The third-order valence-corrected chi connectivity index (χ3v) is 11.5. The zero-order valence-electron chi connectivity index (χ0n) is 37.1. The molecular formula is C48H62INaO13. The second kappa shape index (κ2) is 28.8. The maximum Gasteiger partial charge on any atom is 1.00 e. The van der Waals surface area contributed by atoms with Crippen molar-refractivity contribution in [1.82, 2.24) is 0 Å². The predicted molar refractivity (Wildman–Crippen MR) is 220 cm³/mol. The second-order valence-corrected chi connectivity index (χ2v) is 18.1. The van der Waals surface area contributed by atoms with E-state index in [2.05, 4.69) is 27.7 Å². The molecule has 0 aromatic heterocycles. The molecular weight excluding hydrogens is 934 g/mol. The quantitative estimate of drug-likeness (QED) is 0.0611. The average Bonchev–Trinajstić information content (AvgIpc) is 3.26. The first-order valence-electron chi connectivity index (χ1n) is 20.9. The Balaban J connectivity index is 0.000000300. The smallest absolute Gasteiger partial charge is 0.391 e. The summed E-state index contributed by atoms with van der Waals surface area (Å²) < 4.78 is 70.9. The van der Waals surface area contributed by atoms with Gasteiger partial charge in [-0.1, -0.05) is 149 Å². The van der Waals surface area contributed by atoms with E-state index in [0.717, 1.165) is 28.5 Å². The van der Waals surface area contributed by atoms with Crippen molar-refractivity contribution in [3.8, 4) is 0 Å². The van der Waals surface area contributed by atoms with Crippen LogP contribution in [-0.2, 0) is 59.6 Å². The second-order valence-electron chi connectivity index (χ2n) is 16.0. The maximum atomic E-state index is 11.6. The molecule has 63 heavy (non-hydrogen) atoms. The van der Waals surface area contributed by atoms with Gasteiger partial charge in [-0.3, -0.25) is 13.7 Å². The standard InChI is InChI=1S/C25H34O5.C23H28O4.IO4.Na/c1-17-18(2)24(29-15-21-12-8-5-9-13-21)25(23(27)19(3)26)30-22(17)16-28-14-20-10-6-4-7-11-20;1-17-18(2)23(26-15-20-11-7-4-8-12-20)21(13-24)27-22(17)16-25-14-19-9-5-3-6-10-19;2-1(3,4)5;/h4-13,17-19,22-27H,14-16H2,1-3H3;3-13,17-18,21-23H,14-16H2,1-2H3;;/q;;-1;+1/t17-,18-,19?,22?,23?,24?,25+;17-,18-,21+,22?,23?;;/m00../s1. The molecule has 0 radical (unpaired) electrons. The van der Waals surface area contributed by atoms with Crippen LogP contribution in [0.25, 0.3) is 0 Å². The van der Waals surface area contributed by atoms with E-state index in [4.69, 9.17) is 42.2 Å². The maximum absolute atomic E-state index is 11.6. The Kier molecular flexibility index (Phi) is 25.2. The van der Waals surface area contributed by atoms with Crippen LogP contribution in [0.5, 0.6) is 0 Å². The summed E-state index contributed by atoms with van der Waals surface area (Å²) in [4.78, 5) is 11.6. The predicted octanol–water partition coefficient (Wildman–Crippen LogP) is -3.15. The van der Waals surface area contributed by atoms with Gasteiger partial charge in [-0.2, -0.15) is 0 Å². The van der Waals surface area contributed by atoms with Crippen molar-refractivity contribution in [2.24, 2.45) is 23.7 Å². The first kappa shape index (κ1) is 55.1. The molecule has 15 heteroatoms. The van der Waals surface area contributed by atoms with E-state index in [1.807, 2.05) is 121 Å². The minimum absolute atomic E-state index is 0. The fourth-order valence-corrected chi connectivity index (χ4v) is 7.48. The molecule has 6 rings (SSSR count). The SMILES string of the molecule is CC(O)C(O)[C@H]1OC(COCc2ccccc2)[C@@H](C)[C@H](C)C1OCc1ccccc1.C[C@@H]1C(COCc2ccccc2)O[C@H](C=O)C(OCc2ccccc2)[C@H]1C.[Na+].[O-][I+3]([O-])([O-])[O-]. The molecule has 2 aliphatic rings. The van der Waals surface area contributed by atoms with Gasteiger partial charge in [-0.05, 0) is 52.8 Å². The van der Waals surface area contributed by atoms with Crippen LogP contribution in [0.1, 0.15) is 56.9 Å². The third-order valence-electron chi connectivity index (χ3n) is 11.5. The van der Waals surface area contributed by atoms with Crippen molar-refractivity contribution >= 4 is 6.29 Å². The summed E-state index contributed by atoms with van der Waals surface area (Å²) in [5.41, 5.74) is 4.40. The summed E-state index contributed by atoms with van der Waals surface area (Å²) in [6, 6.07) is 40.0. The number of benzene rings is 4. The van der Waals surface area contributed by atoms with Crippen molar-refractivity contribution in [2.75, 3.05) is 13.2 Å². The molecule has 4 aromatic carbocycles. The third kappa shape index (κ3) is 19.3. The molecule has 2 N–H and O–H groups in total. The van der Waals surface area contributed by atoms with Crippen LogP contribution >= 0.6 is 0 Å². The van der Waals surface area contributed by atoms with Crippen LogP contribution in [0.4, 0.5) is 0 Å². The van der Waals surface area contributed by atoms with Gasteiger partial charge in [0.15, 0.2) is 6.29 Å². The molecule has 2 fully saturated rings. The van der Waals surface area contributed by atoms with E-state index in [-0.39, 0.29) is 77.6 Å². The minimum Gasteiger partial charge on any atom is -0.391 e. The van der Waals surface area contributed by atoms with Crippen LogP contribution in [0, 0.1) is 23.7 Å². The molecule has 0 aliphatic carbocycles. The molecule has 2 saturated heterocycles. The molecule has 4 aromatic rings. The number of hydrogen-bond donors (Lipinski definition) is 2. The topological polar surface area (TPSA) is 205 Å². The molecule has 12 atom stereocenters. The van der Waals surface area contributed by atoms with E-state index in [1.54, 1.807) is 6.92 Å². The van der Waals surface area contributed by atoms with Crippen LogP contribution in [0.3, 0.4) is 0 Å². The summed E-state index contributed by atoms with van der Waals surface area (Å²) in [6.07, 6.45) is -3.13. The van der Waals surface area contributed by atoms with Crippen LogP contribution in [0.2, 0.25) is 0 Å². The Bertz CT molecular complexity index is 1780. The van der Waals surface area contributed by atoms with Gasteiger partial charge in [-0.25, -0.2) is 0 Å². The number of carbonyl (C=O) groups is 1. The average molecular weight is 997 g/mol. The number of rotatable bonds is 17. The minimum atomic E-state index is -5.94. The fourth-order valence-electron chi connectivity index (χ4n) is 7.48. The molecule has 6 unspecified atom stereocenters. The molecule has 0 spiro atoms. The Labute approximate surface area is 400 Å². The molecule has 340 valence electrons. The van der Waals surface area contributed by atoms with Gasteiger partial charge in [-0.15, -0.1) is 0 Å². The van der Waals surface area contributed by atoms with Crippen molar-refractivity contribution in [2.45, 2.75) is 110 Å². The number of aliphatic hydroxyl groups is 2. The number of carbonyl (C=O) groups excluding carboxylic acids is 1. The van der Waals surface area contributed by atoms with Crippen molar-refractivity contribution in [3.05, 3.63) is 144 Å². The number of aliphatic hydroxyl groups excluding tert-OH is 2. The number of aldehydes is 1. The molecule has 13 nitrogen and oxygen atoms in total. The van der Waals surface area contributed by atoms with Gasteiger partial charge < -0.3 is 43.4 Å². The molecule has 2 heterocycles. The Morgan fingerprint density at radius 1 is 0.571 bits per heavy atom. The van der Waals surface area contributed by atoms with Gasteiger partial charge in [0.05, 0.1) is 70.2 Å². The van der Waals surface area contributed by atoms with Crippen molar-refractivity contribution < 1.29 is 107 Å². The van der Waals surface area contributed by atoms with Gasteiger partial charge in [0, 0.05) is 0 Å². The molecule has 0 bridgehead atoms. The van der Waals surface area contributed by atoms with Crippen LogP contribution in [0.15, 0.2) is 121 Å². The van der Waals surface area contributed by atoms with E-state index < -0.39 is 44.5 Å². The van der Waals surface area contributed by atoms with E-state index >= 15 is 0 Å². The summed E-state index contributed by atoms with van der Waals surface area (Å²) in [6.45, 7) is 13.0. The monoisotopic (exact) mass is 996 g/mol. The number of hydrogen-bond acceptors (Lipinski definition) is 13. The first-order valence-corrected chi connectivity index (χ1v) is 24.5. The largest absolute Gasteiger partial charge is 1.00 e. The van der Waals surface area contributed by atoms with Gasteiger partial charge >= 0.3 is 29.6 Å². The summed E-state index contributed by atoms with van der Waals surface area (Å²) in [5, 5.41) is 20.7. The Hall–Kier alpha value is -2.20. The van der Waals surface area contributed by atoms with Crippen LogP contribution < -0.4 is 63.4 Å².